The molecular weight excluding hydrogens is 343 g/mol. The average molecular weight is 372 g/mol. The molecule has 0 spiro atoms. The van der Waals surface area contributed by atoms with E-state index in [0.29, 0.717) is 37.0 Å². The van der Waals surface area contributed by atoms with Crippen molar-refractivity contribution in [3.63, 3.8) is 0 Å². The fourth-order valence-electron chi connectivity index (χ4n) is 4.38. The molecule has 3 fully saturated rings. The SMILES string of the molecule is Cl.FC(F)(F)CN1CCC(CNC2CCCC2C2COCCN2)C1. The zero-order valence-electron chi connectivity index (χ0n) is 14.0. The van der Waals surface area contributed by atoms with E-state index in [1.165, 1.54) is 24.2 Å². The molecule has 0 amide bonds. The quantitative estimate of drug-likeness (QED) is 0.775. The molecule has 2 N–H and O–H groups in total. The third-order valence-electron chi connectivity index (χ3n) is 5.48. The van der Waals surface area contributed by atoms with Crippen LogP contribution in [0.25, 0.3) is 0 Å². The van der Waals surface area contributed by atoms with Crippen LogP contribution in [0.4, 0.5) is 13.2 Å². The predicted octanol–water partition coefficient (Wildman–Crippen LogP) is 2.04. The van der Waals surface area contributed by atoms with Crippen molar-refractivity contribution in [1.82, 2.24) is 15.5 Å². The molecule has 4 nitrogen and oxygen atoms in total. The van der Waals surface area contributed by atoms with E-state index < -0.39 is 12.7 Å². The Hall–Kier alpha value is -0.0800. The number of alkyl halides is 3. The summed E-state index contributed by atoms with van der Waals surface area (Å²) in [5, 5.41) is 7.20. The highest BCUT2D eigenvalue weighted by Crippen LogP contribution is 2.30. The van der Waals surface area contributed by atoms with Crippen LogP contribution in [0.2, 0.25) is 0 Å². The summed E-state index contributed by atoms with van der Waals surface area (Å²) >= 11 is 0. The van der Waals surface area contributed by atoms with Crippen LogP contribution in [0.1, 0.15) is 25.7 Å². The van der Waals surface area contributed by atoms with Crippen LogP contribution in [-0.4, -0.2) is 69.1 Å². The molecular formula is C16H29ClF3N3O. The lowest BCUT2D eigenvalue weighted by Gasteiger charge is -2.33. The normalized spacial score (nSPS) is 35.1. The van der Waals surface area contributed by atoms with E-state index in [4.69, 9.17) is 4.74 Å². The van der Waals surface area contributed by atoms with Crippen LogP contribution in [0.15, 0.2) is 0 Å². The number of hydrogen-bond donors (Lipinski definition) is 2. The molecule has 3 aliphatic rings. The van der Waals surface area contributed by atoms with Gasteiger partial charge >= 0.3 is 6.18 Å². The molecule has 0 aromatic heterocycles. The number of halogens is 4. The molecule has 0 aromatic carbocycles. The maximum absolute atomic E-state index is 12.4. The van der Waals surface area contributed by atoms with E-state index in [2.05, 4.69) is 10.6 Å². The number of ether oxygens (including phenoxy) is 1. The van der Waals surface area contributed by atoms with Crippen LogP contribution in [-0.2, 0) is 4.74 Å². The molecule has 1 saturated carbocycles. The Morgan fingerprint density at radius 1 is 1.21 bits per heavy atom. The molecule has 1 aliphatic carbocycles. The third-order valence-corrected chi connectivity index (χ3v) is 5.48. The summed E-state index contributed by atoms with van der Waals surface area (Å²) in [7, 11) is 0. The van der Waals surface area contributed by atoms with Crippen molar-refractivity contribution in [2.24, 2.45) is 11.8 Å². The fourth-order valence-corrected chi connectivity index (χ4v) is 4.38. The smallest absolute Gasteiger partial charge is 0.379 e. The van der Waals surface area contributed by atoms with Crippen molar-refractivity contribution in [2.75, 3.05) is 45.9 Å². The molecule has 0 radical (unpaired) electrons. The molecule has 8 heteroatoms. The lowest BCUT2D eigenvalue weighted by atomic mass is 9.93. The summed E-state index contributed by atoms with van der Waals surface area (Å²) in [6.07, 6.45) is 0.396. The minimum absolute atomic E-state index is 0. The van der Waals surface area contributed by atoms with Crippen LogP contribution >= 0.6 is 12.4 Å². The van der Waals surface area contributed by atoms with Crippen LogP contribution in [0, 0.1) is 11.8 Å². The Balaban J connectivity index is 0.00000208. The molecule has 2 heterocycles. The minimum atomic E-state index is -4.08. The van der Waals surface area contributed by atoms with Crippen molar-refractivity contribution in [1.29, 1.82) is 0 Å². The van der Waals surface area contributed by atoms with Crippen molar-refractivity contribution >= 4 is 12.4 Å². The highest BCUT2D eigenvalue weighted by molar-refractivity contribution is 5.85. The fraction of sp³-hybridized carbons (Fsp3) is 1.00. The van der Waals surface area contributed by atoms with E-state index in [9.17, 15) is 13.2 Å². The molecule has 142 valence electrons. The maximum atomic E-state index is 12.4. The summed E-state index contributed by atoms with van der Waals surface area (Å²) < 4.78 is 42.9. The monoisotopic (exact) mass is 371 g/mol. The number of nitrogens with one attached hydrogen (secondary N) is 2. The Morgan fingerprint density at radius 2 is 2.04 bits per heavy atom. The molecule has 24 heavy (non-hydrogen) atoms. The van der Waals surface area contributed by atoms with E-state index in [-0.39, 0.29) is 12.4 Å². The second-order valence-electron chi connectivity index (χ2n) is 7.25. The van der Waals surface area contributed by atoms with Gasteiger partial charge in [0.2, 0.25) is 0 Å². The first-order valence-corrected chi connectivity index (χ1v) is 8.85. The summed E-state index contributed by atoms with van der Waals surface area (Å²) in [6.45, 7) is 3.70. The molecule has 3 rings (SSSR count). The molecule has 2 aliphatic heterocycles. The van der Waals surface area contributed by atoms with Gasteiger partial charge in [-0.25, -0.2) is 0 Å². The third kappa shape index (κ3) is 5.73. The zero-order valence-corrected chi connectivity index (χ0v) is 14.8. The second-order valence-corrected chi connectivity index (χ2v) is 7.25. The van der Waals surface area contributed by atoms with Gasteiger partial charge in [-0.05, 0) is 44.2 Å². The number of rotatable bonds is 5. The first-order chi connectivity index (χ1) is 11.0. The molecule has 0 aromatic rings. The highest BCUT2D eigenvalue weighted by atomic mass is 35.5. The van der Waals surface area contributed by atoms with Gasteiger partial charge in [-0.15, -0.1) is 12.4 Å². The zero-order chi connectivity index (χ0) is 16.3. The molecule has 0 bridgehead atoms. The van der Waals surface area contributed by atoms with Gasteiger partial charge in [0.1, 0.15) is 0 Å². The van der Waals surface area contributed by atoms with Gasteiger partial charge in [0.25, 0.3) is 0 Å². The van der Waals surface area contributed by atoms with Gasteiger partial charge in [-0.1, -0.05) is 6.42 Å². The first-order valence-electron chi connectivity index (χ1n) is 8.85. The van der Waals surface area contributed by atoms with Gasteiger partial charge in [-0.2, -0.15) is 13.2 Å². The van der Waals surface area contributed by atoms with Crippen LogP contribution in [0.5, 0.6) is 0 Å². The topological polar surface area (TPSA) is 36.5 Å². The van der Waals surface area contributed by atoms with Crippen molar-refractivity contribution in [3.8, 4) is 0 Å². The average Bonchev–Trinajstić information content (AvgIpc) is 3.13. The predicted molar refractivity (Wildman–Crippen MR) is 89.6 cm³/mol. The highest BCUT2D eigenvalue weighted by Gasteiger charge is 2.37. The maximum Gasteiger partial charge on any atom is 0.401 e. The Kier molecular flexibility index (Phi) is 7.61. The van der Waals surface area contributed by atoms with Crippen LogP contribution < -0.4 is 10.6 Å². The molecule has 4 unspecified atom stereocenters. The lowest BCUT2D eigenvalue weighted by Crippen LogP contribution is -2.51. The van der Waals surface area contributed by atoms with Crippen molar-refractivity contribution in [2.45, 2.75) is 43.9 Å². The number of nitrogens with zero attached hydrogens (tertiary/aromatic N) is 1. The standard InChI is InChI=1S/C16H28F3N3O.ClH/c17-16(18,19)11-22-6-4-12(9-22)8-21-14-3-1-2-13(14)15-10-23-7-5-20-15;/h12-15,20-21H,1-11H2;1H. The summed E-state index contributed by atoms with van der Waals surface area (Å²) in [6, 6.07) is 0.903. The summed E-state index contributed by atoms with van der Waals surface area (Å²) in [5.41, 5.74) is 0. The molecule has 2 saturated heterocycles. The van der Waals surface area contributed by atoms with Gasteiger partial charge in [0, 0.05) is 25.2 Å². The molecule has 4 atom stereocenters. The van der Waals surface area contributed by atoms with E-state index in [0.717, 1.165) is 32.7 Å². The van der Waals surface area contributed by atoms with Gasteiger partial charge in [-0.3, -0.25) is 4.90 Å². The van der Waals surface area contributed by atoms with E-state index >= 15 is 0 Å². The van der Waals surface area contributed by atoms with Gasteiger partial charge in [0.15, 0.2) is 0 Å². The number of hydrogen-bond acceptors (Lipinski definition) is 4. The van der Waals surface area contributed by atoms with Crippen LogP contribution in [0.3, 0.4) is 0 Å². The minimum Gasteiger partial charge on any atom is -0.379 e. The van der Waals surface area contributed by atoms with Crippen molar-refractivity contribution in [3.05, 3.63) is 0 Å². The lowest BCUT2D eigenvalue weighted by molar-refractivity contribution is -0.143. The number of likely N-dealkylation sites (tertiary alicyclic amines) is 1. The van der Waals surface area contributed by atoms with E-state index in [1.807, 2.05) is 0 Å². The Bertz CT molecular complexity index is 380. The van der Waals surface area contributed by atoms with Gasteiger partial charge in [0.05, 0.1) is 19.8 Å². The van der Waals surface area contributed by atoms with Crippen molar-refractivity contribution < 1.29 is 17.9 Å². The number of morpholine rings is 1. The Labute approximate surface area is 148 Å². The second kappa shape index (κ2) is 9.03. The first kappa shape index (κ1) is 20.2. The van der Waals surface area contributed by atoms with E-state index in [1.54, 1.807) is 0 Å². The Morgan fingerprint density at radius 3 is 2.75 bits per heavy atom. The summed E-state index contributed by atoms with van der Waals surface area (Å²) in [5.74, 6) is 0.928. The largest absolute Gasteiger partial charge is 0.401 e. The summed E-state index contributed by atoms with van der Waals surface area (Å²) in [4.78, 5) is 1.54. The van der Waals surface area contributed by atoms with Gasteiger partial charge < -0.3 is 15.4 Å².